The molecule has 0 aliphatic heterocycles. The van der Waals surface area contributed by atoms with E-state index in [0.29, 0.717) is 5.41 Å². The van der Waals surface area contributed by atoms with E-state index in [1.54, 1.807) is 0 Å². The monoisotopic (exact) mass is 184 g/mol. The van der Waals surface area contributed by atoms with Crippen LogP contribution in [-0.2, 0) is 0 Å². The summed E-state index contributed by atoms with van der Waals surface area (Å²) in [5, 5.41) is 0.804. The Morgan fingerprint density at radius 3 is 2.67 bits per heavy atom. The van der Waals surface area contributed by atoms with E-state index >= 15 is 0 Å². The summed E-state index contributed by atoms with van der Waals surface area (Å²) in [6, 6.07) is 0. The molecule has 0 heterocycles. The number of thioether (sulfide) groups is 1. The van der Waals surface area contributed by atoms with Gasteiger partial charge in [0, 0.05) is 5.25 Å². The SMILES string of the molecule is CC(C)(C)CSC1C=CCCC1. The number of allylic oxidation sites excluding steroid dienone is 1. The largest absolute Gasteiger partial charge is 0.154 e. The maximum Gasteiger partial charge on any atom is 0.0227 e. The van der Waals surface area contributed by atoms with Gasteiger partial charge in [0.1, 0.15) is 0 Å². The van der Waals surface area contributed by atoms with Crippen LogP contribution < -0.4 is 0 Å². The lowest BCUT2D eigenvalue weighted by Gasteiger charge is -2.22. The van der Waals surface area contributed by atoms with Crippen molar-refractivity contribution in [3.8, 4) is 0 Å². The van der Waals surface area contributed by atoms with Crippen molar-refractivity contribution < 1.29 is 0 Å². The fraction of sp³-hybridized carbons (Fsp3) is 0.818. The highest BCUT2D eigenvalue weighted by atomic mass is 32.2. The van der Waals surface area contributed by atoms with Crippen molar-refractivity contribution in [2.24, 2.45) is 5.41 Å². The predicted molar refractivity (Wildman–Crippen MR) is 58.7 cm³/mol. The fourth-order valence-electron chi connectivity index (χ4n) is 1.28. The summed E-state index contributed by atoms with van der Waals surface area (Å²) in [5.41, 5.74) is 0.482. The molecule has 12 heavy (non-hydrogen) atoms. The second kappa shape index (κ2) is 4.36. The highest BCUT2D eigenvalue weighted by Crippen LogP contribution is 2.28. The van der Waals surface area contributed by atoms with E-state index < -0.39 is 0 Å². The molecule has 1 aliphatic rings. The van der Waals surface area contributed by atoms with Crippen LogP contribution in [0, 0.1) is 5.41 Å². The van der Waals surface area contributed by atoms with E-state index in [-0.39, 0.29) is 0 Å². The first-order valence-electron chi connectivity index (χ1n) is 4.86. The zero-order chi connectivity index (χ0) is 9.03. The smallest absolute Gasteiger partial charge is 0.0227 e. The summed E-state index contributed by atoms with van der Waals surface area (Å²) in [4.78, 5) is 0. The van der Waals surface area contributed by atoms with Crippen LogP contribution in [0.3, 0.4) is 0 Å². The molecule has 1 aliphatic carbocycles. The van der Waals surface area contributed by atoms with E-state index in [1.165, 1.54) is 25.0 Å². The van der Waals surface area contributed by atoms with Crippen molar-refractivity contribution in [1.82, 2.24) is 0 Å². The zero-order valence-corrected chi connectivity index (χ0v) is 9.29. The minimum atomic E-state index is 0.482. The molecule has 0 saturated heterocycles. The lowest BCUT2D eigenvalue weighted by atomic mass is 10.0. The van der Waals surface area contributed by atoms with E-state index in [2.05, 4.69) is 44.7 Å². The van der Waals surface area contributed by atoms with Gasteiger partial charge in [-0.15, -0.1) is 0 Å². The van der Waals surface area contributed by atoms with Gasteiger partial charge in [-0.2, -0.15) is 11.8 Å². The van der Waals surface area contributed by atoms with E-state index in [0.717, 1.165) is 5.25 Å². The molecule has 0 aromatic carbocycles. The molecule has 0 amide bonds. The summed E-state index contributed by atoms with van der Waals surface area (Å²) in [7, 11) is 0. The topological polar surface area (TPSA) is 0 Å². The normalized spacial score (nSPS) is 24.4. The maximum absolute atomic E-state index is 2.39. The first-order valence-corrected chi connectivity index (χ1v) is 5.91. The molecular weight excluding hydrogens is 164 g/mol. The van der Waals surface area contributed by atoms with Crippen molar-refractivity contribution in [2.75, 3.05) is 5.75 Å². The quantitative estimate of drug-likeness (QED) is 0.587. The third-order valence-electron chi connectivity index (χ3n) is 1.94. The average molecular weight is 184 g/mol. The summed E-state index contributed by atoms with van der Waals surface area (Å²) < 4.78 is 0. The summed E-state index contributed by atoms with van der Waals surface area (Å²) >= 11 is 2.12. The summed E-state index contributed by atoms with van der Waals surface area (Å²) in [6.07, 6.45) is 8.80. The fourth-order valence-corrected chi connectivity index (χ4v) is 2.55. The molecule has 0 fully saturated rings. The molecule has 0 radical (unpaired) electrons. The summed E-state index contributed by atoms with van der Waals surface area (Å²) in [5.74, 6) is 1.28. The van der Waals surface area contributed by atoms with Gasteiger partial charge < -0.3 is 0 Å². The first-order chi connectivity index (χ1) is 5.58. The van der Waals surface area contributed by atoms with Crippen LogP contribution in [0.4, 0.5) is 0 Å². The molecule has 0 aromatic rings. The molecule has 0 spiro atoms. The number of hydrogen-bond donors (Lipinski definition) is 0. The summed E-state index contributed by atoms with van der Waals surface area (Å²) in [6.45, 7) is 6.94. The molecular formula is C11H20S. The van der Waals surface area contributed by atoms with Gasteiger partial charge in [0.2, 0.25) is 0 Å². The van der Waals surface area contributed by atoms with E-state index in [4.69, 9.17) is 0 Å². The molecule has 0 saturated carbocycles. The molecule has 70 valence electrons. The van der Waals surface area contributed by atoms with Gasteiger partial charge in [-0.05, 0) is 30.4 Å². The molecule has 0 aromatic heterocycles. The van der Waals surface area contributed by atoms with Crippen LogP contribution in [0.2, 0.25) is 0 Å². The maximum atomic E-state index is 2.39. The van der Waals surface area contributed by atoms with Gasteiger partial charge in [-0.25, -0.2) is 0 Å². The number of hydrogen-bond acceptors (Lipinski definition) is 1. The van der Waals surface area contributed by atoms with Crippen LogP contribution >= 0.6 is 11.8 Å². The second-order valence-corrected chi connectivity index (χ2v) is 6.00. The van der Waals surface area contributed by atoms with Crippen LogP contribution in [0.15, 0.2) is 12.2 Å². The Kier molecular flexibility index (Phi) is 3.70. The van der Waals surface area contributed by atoms with Gasteiger partial charge in [-0.1, -0.05) is 32.9 Å². The first kappa shape index (κ1) is 10.2. The molecule has 1 atom stereocenters. The number of rotatable bonds is 2. The van der Waals surface area contributed by atoms with E-state index in [1.807, 2.05) is 0 Å². The average Bonchev–Trinajstić information content (AvgIpc) is 2.02. The standard InChI is InChI=1S/C11H20S/c1-11(2,3)9-12-10-7-5-4-6-8-10/h5,7,10H,4,6,8-9H2,1-3H3. The Bertz CT molecular complexity index is 153. The van der Waals surface area contributed by atoms with Crippen LogP contribution in [0.1, 0.15) is 40.0 Å². The van der Waals surface area contributed by atoms with E-state index in [9.17, 15) is 0 Å². The van der Waals surface area contributed by atoms with Crippen molar-refractivity contribution in [3.63, 3.8) is 0 Å². The van der Waals surface area contributed by atoms with Gasteiger partial charge in [0.25, 0.3) is 0 Å². The van der Waals surface area contributed by atoms with Crippen molar-refractivity contribution >= 4 is 11.8 Å². The Balaban J connectivity index is 2.22. The van der Waals surface area contributed by atoms with Gasteiger partial charge >= 0.3 is 0 Å². The highest BCUT2D eigenvalue weighted by molar-refractivity contribution is 8.00. The molecule has 1 rings (SSSR count). The molecule has 1 heteroatoms. The highest BCUT2D eigenvalue weighted by Gasteiger charge is 2.14. The second-order valence-electron chi connectivity index (χ2n) is 4.77. The molecule has 0 N–H and O–H groups in total. The molecule has 1 unspecified atom stereocenters. The van der Waals surface area contributed by atoms with Crippen LogP contribution in [0.25, 0.3) is 0 Å². The molecule has 0 bridgehead atoms. The Morgan fingerprint density at radius 2 is 2.17 bits per heavy atom. The molecule has 0 nitrogen and oxygen atoms in total. The Hall–Kier alpha value is 0.0900. The predicted octanol–water partition coefficient (Wildman–Crippen LogP) is 3.87. The van der Waals surface area contributed by atoms with Gasteiger partial charge in [0.15, 0.2) is 0 Å². The minimum Gasteiger partial charge on any atom is -0.154 e. The van der Waals surface area contributed by atoms with Crippen molar-refractivity contribution in [3.05, 3.63) is 12.2 Å². The van der Waals surface area contributed by atoms with Crippen molar-refractivity contribution in [2.45, 2.75) is 45.3 Å². The third kappa shape index (κ3) is 4.20. The van der Waals surface area contributed by atoms with Gasteiger partial charge in [0.05, 0.1) is 0 Å². The minimum absolute atomic E-state index is 0.482. The zero-order valence-electron chi connectivity index (χ0n) is 8.47. The lowest BCUT2D eigenvalue weighted by Crippen LogP contribution is -2.12. The lowest BCUT2D eigenvalue weighted by molar-refractivity contribution is 0.480. The van der Waals surface area contributed by atoms with Crippen LogP contribution in [0.5, 0.6) is 0 Å². The van der Waals surface area contributed by atoms with Crippen molar-refractivity contribution in [1.29, 1.82) is 0 Å². The Labute approximate surface area is 80.8 Å². The van der Waals surface area contributed by atoms with Crippen LogP contribution in [-0.4, -0.2) is 11.0 Å². The third-order valence-corrected chi connectivity index (χ3v) is 3.79. The Morgan fingerprint density at radius 1 is 1.42 bits per heavy atom. The van der Waals surface area contributed by atoms with Gasteiger partial charge in [-0.3, -0.25) is 0 Å².